The molecule has 7 nitrogen and oxygen atoms in total. The van der Waals surface area contributed by atoms with Crippen LogP contribution in [-0.2, 0) is 15.4 Å². The molecule has 2 N–H and O–H groups in total. The standard InChI is InChI=1S/C12H14ClN5O2S/c1-12(2-3-21(19,20)7-12)18-11(15-16-17-18)8-4-9(13)6-10(14)5-8/h4-6H,2-3,7,14H2,1H3. The summed E-state index contributed by atoms with van der Waals surface area (Å²) in [5.41, 5.74) is 6.29. The maximum absolute atomic E-state index is 11.8. The van der Waals surface area contributed by atoms with Crippen molar-refractivity contribution in [2.45, 2.75) is 18.9 Å². The maximum Gasteiger partial charge on any atom is 0.182 e. The van der Waals surface area contributed by atoms with Crippen LogP contribution in [0.15, 0.2) is 18.2 Å². The number of halogens is 1. The zero-order valence-electron chi connectivity index (χ0n) is 11.3. The van der Waals surface area contributed by atoms with Crippen LogP contribution in [0.2, 0.25) is 5.02 Å². The van der Waals surface area contributed by atoms with Gasteiger partial charge in [0.05, 0.1) is 17.0 Å². The van der Waals surface area contributed by atoms with E-state index in [1.165, 1.54) is 0 Å². The van der Waals surface area contributed by atoms with Crippen LogP contribution in [0.5, 0.6) is 0 Å². The Labute approximate surface area is 127 Å². The first-order valence-corrected chi connectivity index (χ1v) is 8.55. The lowest BCUT2D eigenvalue weighted by atomic mass is 10.0. The highest BCUT2D eigenvalue weighted by molar-refractivity contribution is 7.91. The molecule has 1 unspecified atom stereocenters. The summed E-state index contributed by atoms with van der Waals surface area (Å²) in [6.45, 7) is 1.84. The van der Waals surface area contributed by atoms with Gasteiger partial charge in [-0.05, 0) is 42.0 Å². The number of rotatable bonds is 2. The van der Waals surface area contributed by atoms with Gasteiger partial charge in [0.25, 0.3) is 0 Å². The van der Waals surface area contributed by atoms with Crippen molar-refractivity contribution in [3.05, 3.63) is 23.2 Å². The van der Waals surface area contributed by atoms with Crippen LogP contribution in [0.3, 0.4) is 0 Å². The van der Waals surface area contributed by atoms with Crippen molar-refractivity contribution in [3.8, 4) is 11.4 Å². The number of benzene rings is 1. The van der Waals surface area contributed by atoms with Gasteiger partial charge in [-0.1, -0.05) is 11.6 Å². The van der Waals surface area contributed by atoms with Gasteiger partial charge in [-0.3, -0.25) is 0 Å². The molecule has 9 heteroatoms. The summed E-state index contributed by atoms with van der Waals surface area (Å²) in [6.07, 6.45) is 0.476. The summed E-state index contributed by atoms with van der Waals surface area (Å²) in [6, 6.07) is 5.04. The van der Waals surface area contributed by atoms with E-state index in [0.29, 0.717) is 28.5 Å². The van der Waals surface area contributed by atoms with Crippen LogP contribution in [0.1, 0.15) is 13.3 Å². The fraction of sp³-hybridized carbons (Fsp3) is 0.417. The topological polar surface area (TPSA) is 104 Å². The fourth-order valence-electron chi connectivity index (χ4n) is 2.63. The Morgan fingerprint density at radius 3 is 2.76 bits per heavy atom. The first-order valence-electron chi connectivity index (χ1n) is 6.35. The van der Waals surface area contributed by atoms with E-state index in [4.69, 9.17) is 17.3 Å². The van der Waals surface area contributed by atoms with Crippen LogP contribution < -0.4 is 5.73 Å². The zero-order chi connectivity index (χ0) is 15.3. The van der Waals surface area contributed by atoms with Gasteiger partial charge in [0.2, 0.25) is 0 Å². The number of hydrogen-bond donors (Lipinski definition) is 1. The van der Waals surface area contributed by atoms with Crippen molar-refractivity contribution in [1.29, 1.82) is 0 Å². The third kappa shape index (κ3) is 2.60. The van der Waals surface area contributed by atoms with Crippen LogP contribution >= 0.6 is 11.6 Å². The number of nitrogen functional groups attached to an aromatic ring is 1. The van der Waals surface area contributed by atoms with Crippen molar-refractivity contribution in [2.24, 2.45) is 0 Å². The highest BCUT2D eigenvalue weighted by Gasteiger charge is 2.42. The summed E-state index contributed by atoms with van der Waals surface area (Å²) in [7, 11) is -3.06. The number of anilines is 1. The molecule has 0 radical (unpaired) electrons. The molecule has 1 aromatic carbocycles. The third-order valence-electron chi connectivity index (χ3n) is 3.64. The molecule has 0 saturated carbocycles. The Hall–Kier alpha value is -1.67. The van der Waals surface area contributed by atoms with E-state index in [-0.39, 0.29) is 11.5 Å². The molecule has 1 saturated heterocycles. The van der Waals surface area contributed by atoms with Crippen LogP contribution in [0.25, 0.3) is 11.4 Å². The summed E-state index contributed by atoms with van der Waals surface area (Å²) in [5.74, 6) is 0.623. The van der Waals surface area contributed by atoms with E-state index in [2.05, 4.69) is 15.5 Å². The minimum absolute atomic E-state index is 0.0219. The van der Waals surface area contributed by atoms with Gasteiger partial charge in [-0.25, -0.2) is 13.1 Å². The quantitative estimate of drug-likeness (QED) is 0.829. The molecule has 0 amide bonds. The second-order valence-corrected chi connectivity index (χ2v) is 8.15. The van der Waals surface area contributed by atoms with E-state index in [0.717, 1.165) is 0 Å². The molecule has 2 aromatic rings. The number of nitrogens with two attached hydrogens (primary N) is 1. The zero-order valence-corrected chi connectivity index (χ0v) is 12.9. The van der Waals surface area contributed by atoms with Gasteiger partial charge < -0.3 is 5.73 Å². The van der Waals surface area contributed by atoms with E-state index >= 15 is 0 Å². The normalized spacial score (nSPS) is 24.3. The van der Waals surface area contributed by atoms with Crippen LogP contribution in [0, 0.1) is 0 Å². The lowest BCUT2D eigenvalue weighted by Gasteiger charge is -2.23. The molecular formula is C12H14ClN5O2S. The molecule has 1 aliphatic rings. The van der Waals surface area contributed by atoms with E-state index in [1.807, 2.05) is 6.92 Å². The highest BCUT2D eigenvalue weighted by Crippen LogP contribution is 2.34. The van der Waals surface area contributed by atoms with Crippen molar-refractivity contribution in [2.75, 3.05) is 17.2 Å². The lowest BCUT2D eigenvalue weighted by Crippen LogP contribution is -2.33. The van der Waals surface area contributed by atoms with Crippen LogP contribution in [0.4, 0.5) is 5.69 Å². The number of nitrogens with zero attached hydrogens (tertiary/aromatic N) is 4. The summed E-state index contributed by atoms with van der Waals surface area (Å²) in [4.78, 5) is 0. The van der Waals surface area contributed by atoms with Gasteiger partial charge >= 0.3 is 0 Å². The molecule has 1 atom stereocenters. The fourth-order valence-corrected chi connectivity index (χ4v) is 4.99. The largest absolute Gasteiger partial charge is 0.399 e. The summed E-state index contributed by atoms with van der Waals surface area (Å²) < 4.78 is 25.1. The predicted octanol–water partition coefficient (Wildman–Crippen LogP) is 1.11. The monoisotopic (exact) mass is 327 g/mol. The Kier molecular flexibility index (Phi) is 3.18. The molecule has 2 heterocycles. The summed E-state index contributed by atoms with van der Waals surface area (Å²) in [5, 5.41) is 12.1. The van der Waals surface area contributed by atoms with Gasteiger partial charge in [0.15, 0.2) is 15.7 Å². The molecule has 0 aliphatic carbocycles. The van der Waals surface area contributed by atoms with Crippen molar-refractivity contribution in [3.63, 3.8) is 0 Å². The molecule has 1 fully saturated rings. The Morgan fingerprint density at radius 2 is 2.14 bits per heavy atom. The van der Waals surface area contributed by atoms with Gasteiger partial charge in [0.1, 0.15) is 0 Å². The smallest absolute Gasteiger partial charge is 0.182 e. The lowest BCUT2D eigenvalue weighted by molar-refractivity contribution is 0.325. The molecule has 1 aliphatic heterocycles. The molecule has 0 spiro atoms. The average Bonchev–Trinajstić information content (AvgIpc) is 2.93. The minimum Gasteiger partial charge on any atom is -0.399 e. The first kappa shape index (κ1) is 14.3. The van der Waals surface area contributed by atoms with Crippen molar-refractivity contribution < 1.29 is 8.42 Å². The van der Waals surface area contributed by atoms with Gasteiger partial charge in [0, 0.05) is 16.3 Å². The average molecular weight is 328 g/mol. The maximum atomic E-state index is 11.8. The number of tetrazole rings is 1. The minimum atomic E-state index is -3.06. The van der Waals surface area contributed by atoms with Gasteiger partial charge in [-0.2, -0.15) is 0 Å². The Balaban J connectivity index is 2.10. The van der Waals surface area contributed by atoms with Crippen LogP contribution in [-0.4, -0.2) is 40.1 Å². The van der Waals surface area contributed by atoms with E-state index in [9.17, 15) is 8.42 Å². The predicted molar refractivity (Wildman–Crippen MR) is 79.6 cm³/mol. The second kappa shape index (κ2) is 4.67. The van der Waals surface area contributed by atoms with Gasteiger partial charge in [-0.15, -0.1) is 5.10 Å². The molecular weight excluding hydrogens is 314 g/mol. The molecule has 1 aromatic heterocycles. The summed E-state index contributed by atoms with van der Waals surface area (Å²) >= 11 is 6.01. The SMILES string of the molecule is CC1(n2nnnc2-c2cc(N)cc(Cl)c2)CCS(=O)(=O)C1. The molecule has 0 bridgehead atoms. The number of sulfone groups is 1. The third-order valence-corrected chi connectivity index (χ3v) is 5.75. The Morgan fingerprint density at radius 1 is 1.38 bits per heavy atom. The number of aromatic nitrogens is 4. The highest BCUT2D eigenvalue weighted by atomic mass is 35.5. The molecule has 3 rings (SSSR count). The van der Waals surface area contributed by atoms with E-state index < -0.39 is 15.4 Å². The molecule has 112 valence electrons. The van der Waals surface area contributed by atoms with Crippen molar-refractivity contribution >= 4 is 27.1 Å². The van der Waals surface area contributed by atoms with E-state index in [1.54, 1.807) is 22.9 Å². The Bertz CT molecular complexity index is 783. The first-order chi connectivity index (χ1) is 9.79. The second-order valence-electron chi connectivity index (χ2n) is 5.53. The molecule has 21 heavy (non-hydrogen) atoms. The number of hydrogen-bond acceptors (Lipinski definition) is 6. The van der Waals surface area contributed by atoms with Crippen molar-refractivity contribution in [1.82, 2.24) is 20.2 Å².